The normalized spacial score (nSPS) is 11.1. The molecule has 9 nitrogen and oxygen atoms in total. The van der Waals surface area contributed by atoms with Crippen molar-refractivity contribution in [2.75, 3.05) is 0 Å². The van der Waals surface area contributed by atoms with E-state index in [1.165, 1.54) is 0 Å². The van der Waals surface area contributed by atoms with Gasteiger partial charge in [0.1, 0.15) is 0 Å². The highest BCUT2D eigenvalue weighted by Gasteiger charge is 2.17. The molecule has 1 N–H and O–H groups in total. The lowest BCUT2D eigenvalue weighted by molar-refractivity contribution is 0.0942. The van der Waals surface area contributed by atoms with Gasteiger partial charge in [0.25, 0.3) is 5.91 Å². The lowest BCUT2D eigenvalue weighted by Crippen LogP contribution is -2.23. The largest absolute Gasteiger partial charge is 0.342 e. The third kappa shape index (κ3) is 2.75. The Morgan fingerprint density at radius 2 is 2.12 bits per heavy atom. The van der Waals surface area contributed by atoms with Gasteiger partial charge in [0.05, 0.1) is 23.8 Å². The van der Waals surface area contributed by atoms with Crippen LogP contribution in [0.5, 0.6) is 0 Å². The summed E-state index contributed by atoms with van der Waals surface area (Å²) in [6.45, 7) is 0.122. The summed E-state index contributed by atoms with van der Waals surface area (Å²) in [5.41, 5.74) is 2.01. The highest BCUT2D eigenvalue weighted by atomic mass is 16.5. The smallest absolute Gasteiger partial charge is 0.272 e. The SMILES string of the molecule is Cn1cc(-c2noc(CNC(=O)c3nn(C)c4ccccc34)n2)cn1. The quantitative estimate of drug-likeness (QED) is 0.602. The van der Waals surface area contributed by atoms with Gasteiger partial charge in [0, 0.05) is 25.7 Å². The molecule has 0 saturated carbocycles. The predicted octanol–water partition coefficient (Wildman–Crippen LogP) is 1.29. The average molecular weight is 337 g/mol. The second-order valence-electron chi connectivity index (χ2n) is 5.59. The zero-order valence-corrected chi connectivity index (χ0v) is 13.7. The number of carbonyl (C=O) groups excluding carboxylic acids is 1. The second-order valence-corrected chi connectivity index (χ2v) is 5.59. The molecule has 9 heteroatoms. The maximum absolute atomic E-state index is 12.4. The molecule has 4 rings (SSSR count). The van der Waals surface area contributed by atoms with Crippen molar-refractivity contribution in [1.82, 2.24) is 35.0 Å². The first-order valence-electron chi connectivity index (χ1n) is 7.63. The van der Waals surface area contributed by atoms with Crippen LogP contribution in [-0.4, -0.2) is 35.6 Å². The number of amides is 1. The summed E-state index contributed by atoms with van der Waals surface area (Å²) in [5.74, 6) is 0.450. The fourth-order valence-corrected chi connectivity index (χ4v) is 2.60. The minimum absolute atomic E-state index is 0.122. The molecule has 3 heterocycles. The topological polar surface area (TPSA) is 104 Å². The van der Waals surface area contributed by atoms with Crippen molar-refractivity contribution >= 4 is 16.8 Å². The van der Waals surface area contributed by atoms with E-state index in [-0.39, 0.29) is 12.5 Å². The van der Waals surface area contributed by atoms with Crippen molar-refractivity contribution in [1.29, 1.82) is 0 Å². The molecule has 0 aliphatic rings. The molecule has 0 spiro atoms. The summed E-state index contributed by atoms with van der Waals surface area (Å²) >= 11 is 0. The fourth-order valence-electron chi connectivity index (χ4n) is 2.60. The highest BCUT2D eigenvalue weighted by molar-refractivity contribution is 6.04. The molecule has 3 aromatic heterocycles. The Morgan fingerprint density at radius 1 is 1.28 bits per heavy atom. The van der Waals surface area contributed by atoms with Crippen LogP contribution < -0.4 is 5.32 Å². The third-order valence-electron chi connectivity index (χ3n) is 3.80. The molecule has 0 radical (unpaired) electrons. The molecular formula is C16H15N7O2. The Hall–Kier alpha value is -3.49. The van der Waals surface area contributed by atoms with Crippen LogP contribution in [-0.2, 0) is 20.6 Å². The number of nitrogens with zero attached hydrogens (tertiary/aromatic N) is 6. The Morgan fingerprint density at radius 3 is 2.92 bits per heavy atom. The molecule has 1 amide bonds. The summed E-state index contributed by atoms with van der Waals surface area (Å²) < 4.78 is 8.50. The molecule has 0 bridgehead atoms. The van der Waals surface area contributed by atoms with Gasteiger partial charge in [-0.1, -0.05) is 23.4 Å². The van der Waals surface area contributed by atoms with Crippen LogP contribution in [0.2, 0.25) is 0 Å². The van der Waals surface area contributed by atoms with E-state index < -0.39 is 0 Å². The molecule has 4 aromatic rings. The van der Waals surface area contributed by atoms with Gasteiger partial charge >= 0.3 is 0 Å². The number of para-hydroxylation sites is 1. The average Bonchev–Trinajstić information content (AvgIpc) is 3.32. The lowest BCUT2D eigenvalue weighted by Gasteiger charge is -1.99. The van der Waals surface area contributed by atoms with Crippen molar-refractivity contribution in [3.63, 3.8) is 0 Å². The van der Waals surface area contributed by atoms with E-state index in [1.54, 1.807) is 28.8 Å². The van der Waals surface area contributed by atoms with Crippen molar-refractivity contribution in [3.05, 3.63) is 48.2 Å². The molecule has 0 aliphatic heterocycles. The first kappa shape index (κ1) is 15.1. The van der Waals surface area contributed by atoms with Gasteiger partial charge in [-0.05, 0) is 6.07 Å². The monoisotopic (exact) mass is 337 g/mol. The number of hydrogen-bond donors (Lipinski definition) is 1. The Kier molecular flexibility index (Phi) is 3.53. The minimum atomic E-state index is -0.294. The molecule has 0 unspecified atom stereocenters. The number of nitrogens with one attached hydrogen (secondary N) is 1. The van der Waals surface area contributed by atoms with E-state index in [9.17, 15) is 4.79 Å². The minimum Gasteiger partial charge on any atom is -0.342 e. The Bertz CT molecular complexity index is 1060. The molecule has 0 atom stereocenters. The standard InChI is InChI=1S/C16H15N7O2/c1-22-9-10(7-18-22)15-19-13(25-21-15)8-17-16(24)14-11-5-3-4-6-12(11)23(2)20-14/h3-7,9H,8H2,1-2H3,(H,17,24). The summed E-state index contributed by atoms with van der Waals surface area (Å²) in [6, 6.07) is 7.56. The number of fused-ring (bicyclic) bond motifs is 1. The summed E-state index contributed by atoms with van der Waals surface area (Å²) in [4.78, 5) is 16.7. The molecule has 0 fully saturated rings. The van der Waals surface area contributed by atoms with E-state index in [1.807, 2.05) is 31.3 Å². The van der Waals surface area contributed by atoms with E-state index in [4.69, 9.17) is 4.52 Å². The molecule has 25 heavy (non-hydrogen) atoms. The van der Waals surface area contributed by atoms with Crippen LogP contribution in [0, 0.1) is 0 Å². The van der Waals surface area contributed by atoms with Crippen molar-refractivity contribution in [2.24, 2.45) is 14.1 Å². The fraction of sp³-hybridized carbons (Fsp3) is 0.188. The number of carbonyl (C=O) groups is 1. The number of hydrogen-bond acceptors (Lipinski definition) is 6. The first-order valence-corrected chi connectivity index (χ1v) is 7.63. The van der Waals surface area contributed by atoms with Gasteiger partial charge in [0.15, 0.2) is 5.69 Å². The third-order valence-corrected chi connectivity index (χ3v) is 3.80. The Labute approximate surface area is 142 Å². The maximum atomic E-state index is 12.4. The number of rotatable bonds is 4. The van der Waals surface area contributed by atoms with Gasteiger partial charge in [-0.2, -0.15) is 15.2 Å². The van der Waals surface area contributed by atoms with Crippen LogP contribution in [0.15, 0.2) is 41.2 Å². The summed E-state index contributed by atoms with van der Waals surface area (Å²) in [6.07, 6.45) is 3.43. The van der Waals surface area contributed by atoms with E-state index in [0.29, 0.717) is 17.4 Å². The van der Waals surface area contributed by atoms with Crippen LogP contribution in [0.25, 0.3) is 22.3 Å². The van der Waals surface area contributed by atoms with Crippen LogP contribution in [0.4, 0.5) is 0 Å². The van der Waals surface area contributed by atoms with Crippen LogP contribution in [0.3, 0.4) is 0 Å². The zero-order valence-electron chi connectivity index (χ0n) is 13.7. The number of benzene rings is 1. The highest BCUT2D eigenvalue weighted by Crippen LogP contribution is 2.17. The van der Waals surface area contributed by atoms with E-state index >= 15 is 0 Å². The van der Waals surface area contributed by atoms with E-state index in [0.717, 1.165) is 16.5 Å². The van der Waals surface area contributed by atoms with Crippen LogP contribution in [0.1, 0.15) is 16.4 Å². The van der Waals surface area contributed by atoms with Crippen LogP contribution >= 0.6 is 0 Å². The van der Waals surface area contributed by atoms with Gasteiger partial charge < -0.3 is 9.84 Å². The maximum Gasteiger partial charge on any atom is 0.272 e. The lowest BCUT2D eigenvalue weighted by atomic mass is 10.2. The van der Waals surface area contributed by atoms with Gasteiger partial charge in [-0.3, -0.25) is 14.2 Å². The molecule has 126 valence electrons. The van der Waals surface area contributed by atoms with Crippen molar-refractivity contribution in [3.8, 4) is 11.4 Å². The van der Waals surface area contributed by atoms with Crippen molar-refractivity contribution < 1.29 is 9.32 Å². The van der Waals surface area contributed by atoms with E-state index in [2.05, 4.69) is 25.7 Å². The second kappa shape index (κ2) is 5.86. The number of aryl methyl sites for hydroxylation is 2. The van der Waals surface area contributed by atoms with Gasteiger partial charge in [-0.15, -0.1) is 0 Å². The molecule has 0 aliphatic carbocycles. The molecule has 1 aromatic carbocycles. The Balaban J connectivity index is 1.49. The van der Waals surface area contributed by atoms with Gasteiger partial charge in [-0.25, -0.2) is 0 Å². The zero-order chi connectivity index (χ0) is 17.4. The summed E-state index contributed by atoms with van der Waals surface area (Å²) in [7, 11) is 3.61. The number of aromatic nitrogens is 6. The predicted molar refractivity (Wildman–Crippen MR) is 88.4 cm³/mol. The molecular weight excluding hydrogens is 322 g/mol. The van der Waals surface area contributed by atoms with Gasteiger partial charge in [0.2, 0.25) is 11.7 Å². The first-order chi connectivity index (χ1) is 12.1. The van der Waals surface area contributed by atoms with Crippen molar-refractivity contribution in [2.45, 2.75) is 6.54 Å². The molecule has 0 saturated heterocycles. The summed E-state index contributed by atoms with van der Waals surface area (Å²) in [5, 5.41) is 15.8.